The van der Waals surface area contributed by atoms with Crippen molar-refractivity contribution in [2.75, 3.05) is 0 Å². The smallest absolute Gasteiger partial charge is 0.360 e. The third kappa shape index (κ3) is 2.86. The Kier molecular flexibility index (Phi) is 3.81. The highest BCUT2D eigenvalue weighted by Crippen LogP contribution is 2.28. The van der Waals surface area contributed by atoms with Crippen LogP contribution in [0.2, 0.25) is 0 Å². The molecule has 106 valence electrons. The first kappa shape index (κ1) is 14.3. The van der Waals surface area contributed by atoms with Crippen LogP contribution in [-0.4, -0.2) is 24.3 Å². The second kappa shape index (κ2) is 5.60. The zero-order chi connectivity index (χ0) is 15.0. The highest BCUT2D eigenvalue weighted by molar-refractivity contribution is 14.1. The summed E-state index contributed by atoms with van der Waals surface area (Å²) < 4.78 is 7.66. The van der Waals surface area contributed by atoms with E-state index in [2.05, 4.69) is 26.2 Å². The van der Waals surface area contributed by atoms with Crippen molar-refractivity contribution in [1.82, 2.24) is 13.2 Å². The Balaban J connectivity index is 1.99. The average Bonchev–Trinajstić information content (AvgIpc) is 2.80. The molecule has 1 N–H and O–H groups in total. The first-order valence-corrected chi connectivity index (χ1v) is 7.53. The van der Waals surface area contributed by atoms with Crippen LogP contribution < -0.4 is 4.74 Å². The lowest BCUT2D eigenvalue weighted by Crippen LogP contribution is -2.03. The summed E-state index contributed by atoms with van der Waals surface area (Å²) in [5.74, 6) is -0.674. The molecule has 3 rings (SSSR count). The second-order valence-corrected chi connectivity index (χ2v) is 5.99. The zero-order valence-electron chi connectivity index (χ0n) is 10.3. The molecule has 0 radical (unpaired) electrons. The van der Waals surface area contributed by atoms with Gasteiger partial charge >= 0.3 is 5.97 Å². The molecule has 1 aromatic heterocycles. The molecule has 0 bridgehead atoms. The van der Waals surface area contributed by atoms with E-state index in [0.29, 0.717) is 5.75 Å². The quantitative estimate of drug-likeness (QED) is 0.601. The van der Waals surface area contributed by atoms with Crippen LogP contribution in [0.15, 0.2) is 40.9 Å². The summed E-state index contributed by atoms with van der Waals surface area (Å²) in [6.45, 7) is 0. The minimum absolute atomic E-state index is 0.0339. The summed E-state index contributed by atoms with van der Waals surface area (Å²) >= 11 is 5.15. The Bertz CT molecular complexity index is 850. The summed E-state index contributed by atoms with van der Waals surface area (Å²) in [4.78, 5) is 11.2. The minimum Gasteiger partial charge on any atom is -0.476 e. The average molecular weight is 460 g/mol. The topological polar surface area (TPSA) is 77.2 Å². The Morgan fingerprint density at radius 3 is 2.71 bits per heavy atom. The number of carboxylic acids is 1. The molecular weight excluding hydrogens is 453 g/mol. The summed E-state index contributed by atoms with van der Waals surface area (Å²) in [5, 5.41) is 18.5. The molecule has 0 aliphatic carbocycles. The molecule has 0 atom stereocenters. The van der Waals surface area contributed by atoms with Gasteiger partial charge in [-0.25, -0.2) is 4.79 Å². The van der Waals surface area contributed by atoms with Gasteiger partial charge < -0.3 is 9.84 Å². The molecule has 0 saturated heterocycles. The molecule has 0 aliphatic heterocycles. The fourth-order valence-electron chi connectivity index (χ4n) is 1.86. The molecule has 0 spiro atoms. The number of carbonyl (C=O) groups is 1. The third-order valence-electron chi connectivity index (χ3n) is 2.79. The van der Waals surface area contributed by atoms with E-state index in [1.807, 2.05) is 30.3 Å². The number of nitrogens with zero attached hydrogens (tertiary/aromatic N) is 3. The van der Waals surface area contributed by atoms with Gasteiger partial charge in [0.25, 0.3) is 5.88 Å². The summed E-state index contributed by atoms with van der Waals surface area (Å²) in [5.41, 5.74) is -0.105. The maximum Gasteiger partial charge on any atom is 0.360 e. The largest absolute Gasteiger partial charge is 0.476 e. The normalized spacial score (nSPS) is 10.8. The van der Waals surface area contributed by atoms with Crippen LogP contribution in [0.25, 0.3) is 10.8 Å². The molecule has 0 saturated carbocycles. The molecular formula is C13H7BrIN3O3. The zero-order valence-corrected chi connectivity index (χ0v) is 14.1. The van der Waals surface area contributed by atoms with Crippen molar-refractivity contribution in [2.24, 2.45) is 0 Å². The van der Waals surface area contributed by atoms with Crippen LogP contribution in [0.3, 0.4) is 0 Å². The Morgan fingerprint density at radius 1 is 1.24 bits per heavy atom. The standard InChI is InChI=1S/C13H7BrIN3O3/c14-9-3-1-8-6-10(4-2-7(8)5-9)21-12-11(13(19)20)18(15)17-16-12/h1-6H,(H,19,20). The van der Waals surface area contributed by atoms with Gasteiger partial charge in [-0.1, -0.05) is 38.4 Å². The minimum atomic E-state index is -1.14. The van der Waals surface area contributed by atoms with E-state index in [1.54, 1.807) is 28.9 Å². The fraction of sp³-hybridized carbons (Fsp3) is 0. The van der Waals surface area contributed by atoms with E-state index in [1.165, 1.54) is 0 Å². The predicted molar refractivity (Wildman–Crippen MR) is 88.1 cm³/mol. The van der Waals surface area contributed by atoms with Gasteiger partial charge in [0, 0.05) is 4.47 Å². The third-order valence-corrected chi connectivity index (χ3v) is 3.96. The van der Waals surface area contributed by atoms with Gasteiger partial charge in [-0.2, -0.15) is 2.90 Å². The number of carboxylic acid groups (broad SMARTS) is 1. The number of hydrogen-bond acceptors (Lipinski definition) is 4. The van der Waals surface area contributed by atoms with Crippen molar-refractivity contribution < 1.29 is 14.6 Å². The molecule has 6 nitrogen and oxygen atoms in total. The SMILES string of the molecule is O=C(O)c1c(Oc2ccc3cc(Br)ccc3c2)nnn1I. The fourth-order valence-corrected chi connectivity index (χ4v) is 2.75. The number of ether oxygens (including phenoxy) is 1. The molecule has 0 unspecified atom stereocenters. The molecule has 0 aliphatic rings. The van der Waals surface area contributed by atoms with Gasteiger partial charge in [-0.3, -0.25) is 0 Å². The van der Waals surface area contributed by atoms with Crippen molar-refractivity contribution in [2.45, 2.75) is 0 Å². The molecule has 8 heteroatoms. The Morgan fingerprint density at radius 2 is 1.95 bits per heavy atom. The van der Waals surface area contributed by atoms with Crippen molar-refractivity contribution in [3.63, 3.8) is 0 Å². The highest BCUT2D eigenvalue weighted by atomic mass is 127. The van der Waals surface area contributed by atoms with E-state index < -0.39 is 5.97 Å². The van der Waals surface area contributed by atoms with Crippen LogP contribution in [0.4, 0.5) is 0 Å². The molecule has 21 heavy (non-hydrogen) atoms. The van der Waals surface area contributed by atoms with Crippen molar-refractivity contribution in [3.8, 4) is 11.6 Å². The highest BCUT2D eigenvalue weighted by Gasteiger charge is 2.20. The van der Waals surface area contributed by atoms with Crippen molar-refractivity contribution >= 4 is 55.5 Å². The molecule has 2 aromatic carbocycles. The van der Waals surface area contributed by atoms with Crippen molar-refractivity contribution in [1.29, 1.82) is 0 Å². The van der Waals surface area contributed by atoms with E-state index in [-0.39, 0.29) is 11.6 Å². The maximum atomic E-state index is 11.2. The van der Waals surface area contributed by atoms with Crippen LogP contribution in [-0.2, 0) is 0 Å². The molecule has 1 heterocycles. The van der Waals surface area contributed by atoms with Gasteiger partial charge in [-0.15, -0.1) is 0 Å². The Hall–Kier alpha value is -1.68. The van der Waals surface area contributed by atoms with E-state index in [4.69, 9.17) is 9.84 Å². The lowest BCUT2D eigenvalue weighted by molar-refractivity contribution is 0.0687. The van der Waals surface area contributed by atoms with E-state index in [9.17, 15) is 4.79 Å². The van der Waals surface area contributed by atoms with Crippen LogP contribution in [0, 0.1) is 0 Å². The lowest BCUT2D eigenvalue weighted by atomic mass is 10.1. The van der Waals surface area contributed by atoms with Gasteiger partial charge in [0.15, 0.2) is 0 Å². The van der Waals surface area contributed by atoms with Crippen LogP contribution >= 0.6 is 38.8 Å². The number of fused-ring (bicyclic) bond motifs is 1. The first-order chi connectivity index (χ1) is 10.0. The Labute approximate surface area is 141 Å². The number of rotatable bonds is 3. The number of benzene rings is 2. The first-order valence-electron chi connectivity index (χ1n) is 5.77. The van der Waals surface area contributed by atoms with Gasteiger partial charge in [0.2, 0.25) is 5.69 Å². The molecule has 0 amide bonds. The van der Waals surface area contributed by atoms with E-state index >= 15 is 0 Å². The number of hydrogen-bond donors (Lipinski definition) is 1. The molecule has 0 fully saturated rings. The number of aromatic carboxylic acids is 1. The van der Waals surface area contributed by atoms with Crippen LogP contribution in [0.5, 0.6) is 11.6 Å². The van der Waals surface area contributed by atoms with Gasteiger partial charge in [0.1, 0.15) is 5.75 Å². The predicted octanol–water partition coefficient (Wildman–Crippen LogP) is 3.88. The summed E-state index contributed by atoms with van der Waals surface area (Å²) in [6.07, 6.45) is 0. The van der Waals surface area contributed by atoms with Gasteiger partial charge in [0.05, 0.1) is 22.9 Å². The summed E-state index contributed by atoms with van der Waals surface area (Å²) in [7, 11) is 0. The van der Waals surface area contributed by atoms with Gasteiger partial charge in [-0.05, 0) is 35.0 Å². The monoisotopic (exact) mass is 459 g/mol. The number of halogens is 2. The van der Waals surface area contributed by atoms with E-state index in [0.717, 1.165) is 18.1 Å². The number of aromatic nitrogens is 3. The lowest BCUT2D eigenvalue weighted by Gasteiger charge is -2.05. The second-order valence-electron chi connectivity index (χ2n) is 4.16. The van der Waals surface area contributed by atoms with Crippen molar-refractivity contribution in [3.05, 3.63) is 46.6 Å². The maximum absolute atomic E-state index is 11.2. The summed E-state index contributed by atoms with van der Waals surface area (Å²) in [6, 6.07) is 11.3. The molecule has 3 aromatic rings. The van der Waals surface area contributed by atoms with Crippen LogP contribution in [0.1, 0.15) is 10.5 Å².